The number of thiocarbonyl (C=S) groups is 1. The van der Waals surface area contributed by atoms with Gasteiger partial charge in [-0.1, -0.05) is 39.0 Å². The highest BCUT2D eigenvalue weighted by atomic mass is 32.2. The van der Waals surface area contributed by atoms with Crippen molar-refractivity contribution in [3.63, 3.8) is 0 Å². The van der Waals surface area contributed by atoms with Crippen LogP contribution in [-0.4, -0.2) is 27.5 Å². The number of hydrogen-bond donors (Lipinski definition) is 3. The van der Waals surface area contributed by atoms with Crippen molar-refractivity contribution in [2.75, 3.05) is 0 Å². The molecule has 5 nitrogen and oxygen atoms in total. The average molecular weight is 397 g/mol. The molecule has 0 radical (unpaired) electrons. The van der Waals surface area contributed by atoms with Gasteiger partial charge in [-0.3, -0.25) is 4.79 Å². The third kappa shape index (κ3) is 5.34. The van der Waals surface area contributed by atoms with E-state index in [0.717, 1.165) is 30.4 Å². The number of aryl methyl sites for hydroxylation is 1. The van der Waals surface area contributed by atoms with Crippen molar-refractivity contribution in [2.24, 2.45) is 16.6 Å². The zero-order valence-electron chi connectivity index (χ0n) is 15.7. The number of carbonyl (C=O) groups is 1. The summed E-state index contributed by atoms with van der Waals surface area (Å²) < 4.78 is 5.61. The van der Waals surface area contributed by atoms with Crippen LogP contribution in [0.3, 0.4) is 0 Å². The van der Waals surface area contributed by atoms with E-state index in [0.29, 0.717) is 12.2 Å². The maximum Gasteiger partial charge on any atom is 0.254 e. The van der Waals surface area contributed by atoms with Crippen molar-refractivity contribution >= 4 is 34.6 Å². The number of para-hydroxylation sites is 1. The molecule has 1 aromatic carbocycles. The zero-order chi connectivity index (χ0) is 19.5. The van der Waals surface area contributed by atoms with Crippen molar-refractivity contribution in [2.45, 2.75) is 59.0 Å². The SMILES string of the molecule is Cc1ccccc1OSC(=O)C(N)C1(C)CC(NC(O)=S)CC(C)(C)C1. The minimum atomic E-state index is -0.673. The van der Waals surface area contributed by atoms with Crippen molar-refractivity contribution in [3.05, 3.63) is 29.8 Å². The van der Waals surface area contributed by atoms with E-state index in [9.17, 15) is 9.90 Å². The van der Waals surface area contributed by atoms with Gasteiger partial charge in [-0.05, 0) is 60.9 Å². The van der Waals surface area contributed by atoms with E-state index in [4.69, 9.17) is 22.1 Å². The molecular weight excluding hydrogens is 368 g/mol. The number of nitrogens with two attached hydrogens (primary N) is 1. The number of hydrogen-bond acceptors (Lipinski definition) is 5. The zero-order valence-corrected chi connectivity index (χ0v) is 17.4. The van der Waals surface area contributed by atoms with Crippen molar-refractivity contribution < 1.29 is 14.1 Å². The van der Waals surface area contributed by atoms with Crippen LogP contribution in [0.5, 0.6) is 5.75 Å². The Morgan fingerprint density at radius 2 is 2.04 bits per heavy atom. The molecule has 3 unspecified atom stereocenters. The first-order chi connectivity index (χ1) is 12.0. The highest BCUT2D eigenvalue weighted by Gasteiger charge is 2.47. The predicted molar refractivity (Wildman–Crippen MR) is 110 cm³/mol. The number of benzene rings is 1. The van der Waals surface area contributed by atoms with Crippen LogP contribution in [0.15, 0.2) is 24.3 Å². The van der Waals surface area contributed by atoms with Gasteiger partial charge in [-0.25, -0.2) is 0 Å². The minimum absolute atomic E-state index is 0.0117. The highest BCUT2D eigenvalue weighted by Crippen LogP contribution is 2.48. The second kappa shape index (κ2) is 8.15. The van der Waals surface area contributed by atoms with E-state index in [2.05, 4.69) is 19.2 Å². The lowest BCUT2D eigenvalue weighted by Gasteiger charge is -2.48. The molecule has 144 valence electrons. The first-order valence-electron chi connectivity index (χ1n) is 8.71. The summed E-state index contributed by atoms with van der Waals surface area (Å²) in [5.41, 5.74) is 6.90. The summed E-state index contributed by atoms with van der Waals surface area (Å²) in [5, 5.41) is 11.9. The summed E-state index contributed by atoms with van der Waals surface area (Å²) in [5.74, 6) is 0.664. The number of nitrogens with one attached hydrogen (secondary N) is 1. The van der Waals surface area contributed by atoms with Crippen LogP contribution < -0.4 is 15.2 Å². The molecular formula is C19H28N2O3S2. The maximum absolute atomic E-state index is 12.7. The Kier molecular flexibility index (Phi) is 6.58. The third-order valence-corrected chi connectivity index (χ3v) is 5.83. The lowest BCUT2D eigenvalue weighted by Crippen LogP contribution is -2.54. The second-order valence-corrected chi connectivity index (χ2v) is 9.40. The van der Waals surface area contributed by atoms with Gasteiger partial charge in [0.05, 0.1) is 6.04 Å². The second-order valence-electron chi connectivity index (χ2n) is 8.28. The summed E-state index contributed by atoms with van der Waals surface area (Å²) >= 11 is 5.57. The fourth-order valence-electron chi connectivity index (χ4n) is 4.13. The highest BCUT2D eigenvalue weighted by molar-refractivity contribution is 8.10. The Hall–Kier alpha value is -1.31. The van der Waals surface area contributed by atoms with Gasteiger partial charge in [0.25, 0.3) is 5.17 Å². The van der Waals surface area contributed by atoms with Crippen LogP contribution in [0.2, 0.25) is 0 Å². The molecule has 0 aromatic heterocycles. The van der Waals surface area contributed by atoms with Crippen molar-refractivity contribution in [1.82, 2.24) is 5.32 Å². The molecule has 4 N–H and O–H groups in total. The monoisotopic (exact) mass is 396 g/mol. The molecule has 1 aromatic rings. The largest absolute Gasteiger partial charge is 0.487 e. The van der Waals surface area contributed by atoms with Crippen LogP contribution in [-0.2, 0) is 4.79 Å². The van der Waals surface area contributed by atoms with E-state index >= 15 is 0 Å². The molecule has 7 heteroatoms. The Balaban J connectivity index is 2.07. The normalized spacial score (nSPS) is 26.0. The predicted octanol–water partition coefficient (Wildman–Crippen LogP) is 3.89. The quantitative estimate of drug-likeness (QED) is 0.514. The van der Waals surface area contributed by atoms with E-state index in [1.165, 1.54) is 0 Å². The van der Waals surface area contributed by atoms with Crippen LogP contribution in [0.1, 0.15) is 45.6 Å². The summed E-state index contributed by atoms with van der Waals surface area (Å²) in [6.07, 6.45) is 2.33. The van der Waals surface area contributed by atoms with Gasteiger partial charge >= 0.3 is 0 Å². The molecule has 0 amide bonds. The first kappa shape index (κ1) is 21.0. The van der Waals surface area contributed by atoms with E-state index in [1.807, 2.05) is 38.1 Å². The molecule has 0 heterocycles. The molecule has 3 atom stereocenters. The van der Waals surface area contributed by atoms with E-state index in [1.54, 1.807) is 0 Å². The van der Waals surface area contributed by atoms with Gasteiger partial charge in [0, 0.05) is 6.04 Å². The van der Waals surface area contributed by atoms with Gasteiger partial charge < -0.3 is 20.3 Å². The first-order valence-corrected chi connectivity index (χ1v) is 9.86. The van der Waals surface area contributed by atoms with Gasteiger partial charge in [0.1, 0.15) is 17.8 Å². The van der Waals surface area contributed by atoms with Crippen molar-refractivity contribution in [1.29, 1.82) is 0 Å². The number of carbonyl (C=O) groups excluding carboxylic acids is 1. The average Bonchev–Trinajstić information content (AvgIpc) is 2.50. The fraction of sp³-hybridized carbons (Fsp3) is 0.579. The summed E-state index contributed by atoms with van der Waals surface area (Å²) in [6, 6.07) is 6.86. The van der Waals surface area contributed by atoms with Crippen LogP contribution in [0.4, 0.5) is 0 Å². The summed E-state index contributed by atoms with van der Waals surface area (Å²) in [7, 11) is 0. The molecule has 1 aliphatic rings. The maximum atomic E-state index is 12.7. The van der Waals surface area contributed by atoms with Crippen LogP contribution >= 0.6 is 24.3 Å². The van der Waals surface area contributed by atoms with Gasteiger partial charge in [0.2, 0.25) is 5.12 Å². The number of aliphatic hydroxyl groups excluding tert-OH is 1. The van der Waals surface area contributed by atoms with E-state index in [-0.39, 0.29) is 21.7 Å². The Morgan fingerprint density at radius 3 is 2.65 bits per heavy atom. The Bertz CT molecular complexity index is 681. The minimum Gasteiger partial charge on any atom is -0.487 e. The number of rotatable bonds is 5. The lowest BCUT2D eigenvalue weighted by atomic mass is 9.60. The van der Waals surface area contributed by atoms with Crippen LogP contribution in [0, 0.1) is 17.8 Å². The molecule has 0 saturated heterocycles. The standard InChI is InChI=1S/C19H28N2O3S2/c1-12-7-5-6-8-14(12)24-26-16(22)15(20)19(4)10-13(21-17(23)25)9-18(2,3)11-19/h5-8,13,15H,9-11,20H2,1-4H3,(H2,21,23,25). The third-order valence-electron chi connectivity index (χ3n) is 5.03. The molecule has 1 fully saturated rings. The Morgan fingerprint density at radius 1 is 1.38 bits per heavy atom. The molecule has 0 bridgehead atoms. The van der Waals surface area contributed by atoms with Gasteiger partial charge in [-0.15, -0.1) is 0 Å². The molecule has 1 aliphatic carbocycles. The lowest BCUT2D eigenvalue weighted by molar-refractivity contribution is -0.116. The van der Waals surface area contributed by atoms with Crippen LogP contribution in [0.25, 0.3) is 0 Å². The fourth-order valence-corrected chi connectivity index (χ4v) is 5.04. The molecule has 26 heavy (non-hydrogen) atoms. The molecule has 2 rings (SSSR count). The molecule has 0 spiro atoms. The number of aliphatic hydroxyl groups is 1. The van der Waals surface area contributed by atoms with Gasteiger partial charge in [0.15, 0.2) is 0 Å². The van der Waals surface area contributed by atoms with Crippen molar-refractivity contribution in [3.8, 4) is 5.75 Å². The smallest absolute Gasteiger partial charge is 0.254 e. The Labute approximate surface area is 165 Å². The van der Waals surface area contributed by atoms with Gasteiger partial charge in [-0.2, -0.15) is 0 Å². The van der Waals surface area contributed by atoms with E-state index < -0.39 is 11.5 Å². The summed E-state index contributed by atoms with van der Waals surface area (Å²) in [6.45, 7) is 8.25. The topological polar surface area (TPSA) is 84.6 Å². The summed E-state index contributed by atoms with van der Waals surface area (Å²) in [4.78, 5) is 12.7. The molecule has 0 aliphatic heterocycles. The molecule has 1 saturated carbocycles.